The Morgan fingerprint density at radius 3 is 2.48 bits per heavy atom. The highest BCUT2D eigenvalue weighted by atomic mass is 19.1. The number of halogens is 1. The van der Waals surface area contributed by atoms with Crippen molar-refractivity contribution >= 4 is 5.82 Å². The van der Waals surface area contributed by atoms with Crippen molar-refractivity contribution < 1.29 is 9.13 Å². The van der Waals surface area contributed by atoms with Crippen LogP contribution in [0.15, 0.2) is 24.3 Å². The van der Waals surface area contributed by atoms with Gasteiger partial charge in [-0.15, -0.1) is 0 Å². The van der Waals surface area contributed by atoms with Gasteiger partial charge >= 0.3 is 0 Å². The molecule has 0 amide bonds. The van der Waals surface area contributed by atoms with Gasteiger partial charge in [0.05, 0.1) is 5.56 Å². The number of nitrogen functional groups attached to an aromatic ring is 1. The van der Waals surface area contributed by atoms with Crippen LogP contribution in [0.4, 0.5) is 10.2 Å². The highest BCUT2D eigenvalue weighted by Gasteiger charge is 2.21. The number of nitrogens with two attached hydrogens (primary N) is 1. The third-order valence-corrected chi connectivity index (χ3v) is 3.13. The van der Waals surface area contributed by atoms with E-state index in [0.29, 0.717) is 28.6 Å². The maximum Gasteiger partial charge on any atom is 0.222 e. The minimum Gasteiger partial charge on any atom is -0.472 e. The van der Waals surface area contributed by atoms with E-state index in [-0.39, 0.29) is 17.8 Å². The monoisotopic (exact) mass is 289 g/mol. The topological polar surface area (TPSA) is 61.0 Å². The van der Waals surface area contributed by atoms with Crippen LogP contribution >= 0.6 is 0 Å². The summed E-state index contributed by atoms with van der Waals surface area (Å²) in [5.41, 5.74) is 6.82. The fourth-order valence-corrected chi connectivity index (χ4v) is 1.75. The van der Waals surface area contributed by atoms with E-state index in [2.05, 4.69) is 9.97 Å². The maximum absolute atomic E-state index is 13.6. The van der Waals surface area contributed by atoms with Crippen LogP contribution in [0.25, 0.3) is 0 Å². The molecular weight excluding hydrogens is 269 g/mol. The van der Waals surface area contributed by atoms with E-state index >= 15 is 0 Å². The zero-order chi connectivity index (χ0) is 15.6. The van der Waals surface area contributed by atoms with Crippen molar-refractivity contribution in [3.8, 4) is 5.88 Å². The Kier molecular flexibility index (Phi) is 4.11. The minimum absolute atomic E-state index is 0.105. The van der Waals surface area contributed by atoms with Crippen LogP contribution < -0.4 is 10.5 Å². The van der Waals surface area contributed by atoms with E-state index in [1.54, 1.807) is 25.1 Å². The van der Waals surface area contributed by atoms with Gasteiger partial charge in [-0.3, -0.25) is 0 Å². The van der Waals surface area contributed by atoms with Gasteiger partial charge in [0.15, 0.2) is 0 Å². The van der Waals surface area contributed by atoms with Gasteiger partial charge in [0, 0.05) is 11.0 Å². The lowest BCUT2D eigenvalue weighted by molar-refractivity contribution is 0.282. The third kappa shape index (κ3) is 3.48. The Morgan fingerprint density at radius 1 is 1.19 bits per heavy atom. The van der Waals surface area contributed by atoms with Crippen molar-refractivity contribution in [2.24, 2.45) is 0 Å². The molecular formula is C16H20FN3O. The average molecular weight is 289 g/mol. The molecule has 0 aliphatic rings. The highest BCUT2D eigenvalue weighted by molar-refractivity contribution is 5.45. The molecule has 0 radical (unpaired) electrons. The first-order valence-electron chi connectivity index (χ1n) is 6.80. The molecule has 2 aromatic rings. The van der Waals surface area contributed by atoms with E-state index in [0.717, 1.165) is 0 Å². The van der Waals surface area contributed by atoms with Crippen LogP contribution in [0.5, 0.6) is 5.88 Å². The zero-order valence-corrected chi connectivity index (χ0v) is 12.8. The van der Waals surface area contributed by atoms with E-state index in [1.807, 2.05) is 20.8 Å². The van der Waals surface area contributed by atoms with Gasteiger partial charge < -0.3 is 10.5 Å². The summed E-state index contributed by atoms with van der Waals surface area (Å²) in [5.74, 6) is 1.09. The second-order valence-electron chi connectivity index (χ2n) is 5.99. The van der Waals surface area contributed by atoms with Crippen LogP contribution in [-0.4, -0.2) is 9.97 Å². The fraction of sp³-hybridized carbons (Fsp3) is 0.375. The van der Waals surface area contributed by atoms with Crippen molar-refractivity contribution in [2.75, 3.05) is 5.73 Å². The van der Waals surface area contributed by atoms with Gasteiger partial charge in [-0.05, 0) is 13.0 Å². The second-order valence-corrected chi connectivity index (χ2v) is 5.99. The normalized spacial score (nSPS) is 11.5. The molecule has 0 aliphatic carbocycles. The number of nitrogens with zero attached hydrogens (tertiary/aromatic N) is 2. The van der Waals surface area contributed by atoms with Gasteiger partial charge in [-0.25, -0.2) is 9.37 Å². The Hall–Kier alpha value is -2.17. The molecule has 2 N–H and O–H groups in total. The number of hydrogen-bond donors (Lipinski definition) is 1. The molecule has 0 unspecified atom stereocenters. The van der Waals surface area contributed by atoms with Crippen molar-refractivity contribution in [3.63, 3.8) is 0 Å². The molecule has 2 rings (SSSR count). The van der Waals surface area contributed by atoms with Crippen LogP contribution in [0.2, 0.25) is 0 Å². The lowest BCUT2D eigenvalue weighted by Crippen LogP contribution is -2.18. The molecule has 0 aliphatic heterocycles. The highest BCUT2D eigenvalue weighted by Crippen LogP contribution is 2.26. The molecule has 5 heteroatoms. The molecule has 0 saturated carbocycles. The summed E-state index contributed by atoms with van der Waals surface area (Å²) in [6.07, 6.45) is 0. The Bertz CT molecular complexity index is 650. The molecule has 1 aromatic carbocycles. The predicted molar refractivity (Wildman–Crippen MR) is 80.6 cm³/mol. The van der Waals surface area contributed by atoms with E-state index in [9.17, 15) is 4.39 Å². The Morgan fingerprint density at radius 2 is 1.86 bits per heavy atom. The quantitative estimate of drug-likeness (QED) is 0.941. The molecule has 1 heterocycles. The first-order chi connectivity index (χ1) is 9.79. The summed E-state index contributed by atoms with van der Waals surface area (Å²) in [6.45, 7) is 7.89. The first-order valence-corrected chi connectivity index (χ1v) is 6.80. The number of hydrogen-bond acceptors (Lipinski definition) is 4. The summed E-state index contributed by atoms with van der Waals surface area (Å²) >= 11 is 0. The van der Waals surface area contributed by atoms with Crippen molar-refractivity contribution in [3.05, 3.63) is 47.0 Å². The summed E-state index contributed by atoms with van der Waals surface area (Å²) in [7, 11) is 0. The maximum atomic E-state index is 13.6. The molecule has 21 heavy (non-hydrogen) atoms. The van der Waals surface area contributed by atoms with E-state index < -0.39 is 0 Å². The van der Waals surface area contributed by atoms with Crippen molar-refractivity contribution in [2.45, 2.75) is 39.7 Å². The van der Waals surface area contributed by atoms with Crippen LogP contribution in [0.3, 0.4) is 0 Å². The van der Waals surface area contributed by atoms with Gasteiger partial charge in [0.25, 0.3) is 0 Å². The predicted octanol–water partition coefficient (Wildman–Crippen LogP) is 3.38. The SMILES string of the molecule is Cc1c(N)nc(C(C)(C)C)nc1OCc1ccccc1F. The van der Waals surface area contributed by atoms with Crippen molar-refractivity contribution in [1.82, 2.24) is 9.97 Å². The van der Waals surface area contributed by atoms with E-state index in [1.165, 1.54) is 6.07 Å². The van der Waals surface area contributed by atoms with Gasteiger partial charge in [0.1, 0.15) is 24.1 Å². The number of ether oxygens (including phenoxy) is 1. The van der Waals surface area contributed by atoms with Gasteiger partial charge in [0.2, 0.25) is 5.88 Å². The number of aromatic nitrogens is 2. The summed E-state index contributed by atoms with van der Waals surface area (Å²) < 4.78 is 19.3. The molecule has 112 valence electrons. The van der Waals surface area contributed by atoms with Crippen molar-refractivity contribution in [1.29, 1.82) is 0 Å². The summed E-state index contributed by atoms with van der Waals surface area (Å²) in [4.78, 5) is 8.70. The molecule has 4 nitrogen and oxygen atoms in total. The largest absolute Gasteiger partial charge is 0.472 e. The Labute approximate surface area is 124 Å². The summed E-state index contributed by atoms with van der Waals surface area (Å²) in [6, 6.07) is 6.49. The molecule has 0 atom stereocenters. The van der Waals surface area contributed by atoms with Crippen LogP contribution in [-0.2, 0) is 12.0 Å². The minimum atomic E-state index is -0.298. The third-order valence-electron chi connectivity index (χ3n) is 3.13. The molecule has 0 saturated heterocycles. The zero-order valence-electron chi connectivity index (χ0n) is 12.8. The van der Waals surface area contributed by atoms with Gasteiger partial charge in [-0.1, -0.05) is 39.0 Å². The van der Waals surface area contributed by atoms with Crippen LogP contribution in [0, 0.1) is 12.7 Å². The summed E-state index contributed by atoms with van der Waals surface area (Å²) in [5, 5.41) is 0. The van der Waals surface area contributed by atoms with E-state index in [4.69, 9.17) is 10.5 Å². The van der Waals surface area contributed by atoms with Gasteiger partial charge in [-0.2, -0.15) is 4.98 Å². The number of anilines is 1. The molecule has 0 fully saturated rings. The number of rotatable bonds is 3. The van der Waals surface area contributed by atoms with Crippen LogP contribution in [0.1, 0.15) is 37.7 Å². The number of benzene rings is 1. The smallest absolute Gasteiger partial charge is 0.222 e. The fourth-order valence-electron chi connectivity index (χ4n) is 1.75. The second kappa shape index (κ2) is 5.68. The lowest BCUT2D eigenvalue weighted by Gasteiger charge is -2.19. The lowest BCUT2D eigenvalue weighted by atomic mass is 9.95. The molecule has 0 bridgehead atoms. The molecule has 0 spiro atoms. The Balaban J connectivity index is 2.28. The first kappa shape index (κ1) is 15.2. The average Bonchev–Trinajstić information content (AvgIpc) is 2.40. The molecule has 1 aromatic heterocycles. The standard InChI is InChI=1S/C16H20FN3O/c1-10-13(18)19-15(16(2,3)4)20-14(10)21-9-11-7-5-6-8-12(11)17/h5-8H,9H2,1-4H3,(H2,18,19,20).